The highest BCUT2D eigenvalue weighted by molar-refractivity contribution is 5.31. The lowest BCUT2D eigenvalue weighted by atomic mass is 10.1. The molecule has 2 rings (SSSR count). The fraction of sp³-hybridized carbons (Fsp3) is 0.417. The highest BCUT2D eigenvalue weighted by atomic mass is 15.1. The van der Waals surface area contributed by atoms with Gasteiger partial charge in [0.05, 0.1) is 11.6 Å². The third-order valence-electron chi connectivity index (χ3n) is 2.69. The predicted octanol–water partition coefficient (Wildman–Crippen LogP) is 2.15. The smallest absolute Gasteiger partial charge is 0.0991 e. The molecule has 0 aliphatic carbocycles. The van der Waals surface area contributed by atoms with Crippen LogP contribution in [0.15, 0.2) is 24.3 Å². The van der Waals surface area contributed by atoms with Gasteiger partial charge in [0.1, 0.15) is 0 Å². The van der Waals surface area contributed by atoms with Crippen LogP contribution in [0.2, 0.25) is 0 Å². The molecular weight excluding hydrogens is 172 g/mol. The van der Waals surface area contributed by atoms with Crippen molar-refractivity contribution in [2.24, 2.45) is 0 Å². The van der Waals surface area contributed by atoms with Gasteiger partial charge in [-0.3, -0.25) is 4.90 Å². The monoisotopic (exact) mass is 186 g/mol. The summed E-state index contributed by atoms with van der Waals surface area (Å²) in [4.78, 5) is 2.46. The topological polar surface area (TPSA) is 27.0 Å². The van der Waals surface area contributed by atoms with E-state index in [-0.39, 0.29) is 0 Å². The van der Waals surface area contributed by atoms with E-state index in [9.17, 15) is 0 Å². The van der Waals surface area contributed by atoms with E-state index in [1.807, 2.05) is 12.1 Å². The number of benzene rings is 1. The van der Waals surface area contributed by atoms with Gasteiger partial charge in [0.25, 0.3) is 0 Å². The molecule has 1 aliphatic heterocycles. The quantitative estimate of drug-likeness (QED) is 0.707. The van der Waals surface area contributed by atoms with Gasteiger partial charge in [-0.1, -0.05) is 12.1 Å². The van der Waals surface area contributed by atoms with Crippen LogP contribution in [0.1, 0.15) is 24.0 Å². The molecule has 1 heterocycles. The minimum absolute atomic E-state index is 0.746. The first-order valence-corrected chi connectivity index (χ1v) is 5.10. The highest BCUT2D eigenvalue weighted by Crippen LogP contribution is 2.12. The molecule has 2 nitrogen and oxygen atoms in total. The fourth-order valence-corrected chi connectivity index (χ4v) is 1.88. The van der Waals surface area contributed by atoms with Gasteiger partial charge in [-0.15, -0.1) is 0 Å². The number of hydrogen-bond donors (Lipinski definition) is 0. The fourth-order valence-electron chi connectivity index (χ4n) is 1.88. The summed E-state index contributed by atoms with van der Waals surface area (Å²) in [5, 5.41) is 8.65. The van der Waals surface area contributed by atoms with Crippen molar-refractivity contribution in [3.05, 3.63) is 35.4 Å². The molecule has 14 heavy (non-hydrogen) atoms. The second-order valence-corrected chi connectivity index (χ2v) is 3.79. The summed E-state index contributed by atoms with van der Waals surface area (Å²) >= 11 is 0. The van der Waals surface area contributed by atoms with Crippen molar-refractivity contribution >= 4 is 0 Å². The zero-order valence-corrected chi connectivity index (χ0v) is 8.24. The zero-order valence-electron chi connectivity index (χ0n) is 8.24. The summed E-state index contributed by atoms with van der Waals surface area (Å²) in [6.45, 7) is 3.48. The van der Waals surface area contributed by atoms with E-state index in [4.69, 9.17) is 5.26 Å². The summed E-state index contributed by atoms with van der Waals surface area (Å²) in [6.07, 6.45) is 2.66. The minimum Gasteiger partial charge on any atom is -0.299 e. The van der Waals surface area contributed by atoms with Crippen LogP contribution < -0.4 is 0 Å². The maximum Gasteiger partial charge on any atom is 0.0991 e. The van der Waals surface area contributed by atoms with E-state index in [0.717, 1.165) is 12.1 Å². The van der Waals surface area contributed by atoms with Crippen LogP contribution in [0.25, 0.3) is 0 Å². The Balaban J connectivity index is 1.99. The van der Waals surface area contributed by atoms with Gasteiger partial charge in [0, 0.05) is 6.54 Å². The maximum absolute atomic E-state index is 8.65. The van der Waals surface area contributed by atoms with Crippen molar-refractivity contribution in [2.45, 2.75) is 19.4 Å². The largest absolute Gasteiger partial charge is 0.299 e. The van der Waals surface area contributed by atoms with Crippen molar-refractivity contribution < 1.29 is 0 Å². The van der Waals surface area contributed by atoms with E-state index in [2.05, 4.69) is 23.1 Å². The summed E-state index contributed by atoms with van der Waals surface area (Å²) < 4.78 is 0. The Kier molecular flexibility index (Phi) is 2.81. The van der Waals surface area contributed by atoms with Crippen molar-refractivity contribution in [1.29, 1.82) is 5.26 Å². The number of hydrogen-bond acceptors (Lipinski definition) is 2. The number of nitriles is 1. The molecule has 1 fully saturated rings. The average Bonchev–Trinajstić information content (AvgIpc) is 2.72. The van der Waals surface area contributed by atoms with E-state index in [1.54, 1.807) is 0 Å². The van der Waals surface area contributed by atoms with Crippen LogP contribution in [0, 0.1) is 11.3 Å². The zero-order chi connectivity index (χ0) is 9.80. The van der Waals surface area contributed by atoms with E-state index in [0.29, 0.717) is 0 Å². The lowest BCUT2D eigenvalue weighted by Crippen LogP contribution is -2.18. The van der Waals surface area contributed by atoms with Gasteiger partial charge in [0.2, 0.25) is 0 Å². The third kappa shape index (κ3) is 2.12. The van der Waals surface area contributed by atoms with Crippen LogP contribution in [0.5, 0.6) is 0 Å². The summed E-state index contributed by atoms with van der Waals surface area (Å²) in [7, 11) is 0. The second-order valence-electron chi connectivity index (χ2n) is 3.79. The summed E-state index contributed by atoms with van der Waals surface area (Å²) in [5.41, 5.74) is 2.06. The van der Waals surface area contributed by atoms with Crippen LogP contribution in [0.3, 0.4) is 0 Å². The molecule has 0 bridgehead atoms. The highest BCUT2D eigenvalue weighted by Gasteiger charge is 2.11. The first-order valence-electron chi connectivity index (χ1n) is 5.10. The van der Waals surface area contributed by atoms with Gasteiger partial charge in [-0.05, 0) is 43.6 Å². The molecule has 1 aliphatic rings. The molecule has 0 atom stereocenters. The number of likely N-dealkylation sites (tertiary alicyclic amines) is 1. The summed E-state index contributed by atoms with van der Waals surface area (Å²) in [6, 6.07) is 10.0. The van der Waals surface area contributed by atoms with Gasteiger partial charge >= 0.3 is 0 Å². The average molecular weight is 186 g/mol. The molecule has 0 spiro atoms. The lowest BCUT2D eigenvalue weighted by molar-refractivity contribution is 0.331. The van der Waals surface area contributed by atoms with Gasteiger partial charge in [0.15, 0.2) is 0 Å². The molecule has 1 aromatic carbocycles. The van der Waals surface area contributed by atoms with Gasteiger partial charge in [-0.2, -0.15) is 5.26 Å². The van der Waals surface area contributed by atoms with Crippen LogP contribution >= 0.6 is 0 Å². The van der Waals surface area contributed by atoms with E-state index in [1.165, 1.54) is 31.5 Å². The van der Waals surface area contributed by atoms with Crippen LogP contribution in [0.4, 0.5) is 0 Å². The Morgan fingerprint density at radius 1 is 1.14 bits per heavy atom. The number of rotatable bonds is 2. The molecule has 0 unspecified atom stereocenters. The molecule has 1 aromatic rings. The Labute approximate surface area is 84.8 Å². The Bertz CT molecular complexity index is 328. The lowest BCUT2D eigenvalue weighted by Gasteiger charge is -2.14. The first-order chi connectivity index (χ1) is 6.88. The Hall–Kier alpha value is -1.33. The van der Waals surface area contributed by atoms with Crippen molar-refractivity contribution in [1.82, 2.24) is 4.90 Å². The van der Waals surface area contributed by atoms with Crippen molar-refractivity contribution in [3.63, 3.8) is 0 Å². The molecule has 0 aromatic heterocycles. The predicted molar refractivity (Wildman–Crippen MR) is 55.7 cm³/mol. The number of nitrogens with zero attached hydrogens (tertiary/aromatic N) is 2. The molecule has 0 saturated carbocycles. The molecule has 2 heteroatoms. The molecular formula is C12H14N2. The van der Waals surface area contributed by atoms with Crippen molar-refractivity contribution in [3.8, 4) is 6.07 Å². The SMILES string of the molecule is N#Cc1ccc(CN2CCCC2)cc1. The van der Waals surface area contributed by atoms with E-state index >= 15 is 0 Å². The third-order valence-corrected chi connectivity index (χ3v) is 2.69. The maximum atomic E-state index is 8.65. The minimum atomic E-state index is 0.746. The van der Waals surface area contributed by atoms with Gasteiger partial charge in [-0.25, -0.2) is 0 Å². The van der Waals surface area contributed by atoms with Crippen LogP contribution in [-0.2, 0) is 6.54 Å². The molecule has 1 saturated heterocycles. The van der Waals surface area contributed by atoms with Crippen molar-refractivity contribution in [2.75, 3.05) is 13.1 Å². The molecule has 72 valence electrons. The Morgan fingerprint density at radius 2 is 1.79 bits per heavy atom. The second kappa shape index (κ2) is 4.26. The molecule has 0 radical (unpaired) electrons. The van der Waals surface area contributed by atoms with Gasteiger partial charge < -0.3 is 0 Å². The summed E-state index contributed by atoms with van der Waals surface area (Å²) in [5.74, 6) is 0. The Morgan fingerprint density at radius 3 is 2.36 bits per heavy atom. The molecule has 0 N–H and O–H groups in total. The standard InChI is InChI=1S/C12H14N2/c13-9-11-3-5-12(6-4-11)10-14-7-1-2-8-14/h3-6H,1-2,7-8,10H2. The van der Waals surface area contributed by atoms with Crippen LogP contribution in [-0.4, -0.2) is 18.0 Å². The molecule has 0 amide bonds. The normalized spacial score (nSPS) is 16.8. The first kappa shape index (κ1) is 9.23. The van der Waals surface area contributed by atoms with E-state index < -0.39 is 0 Å².